The Balaban J connectivity index is 2.00. The molecule has 0 spiro atoms. The number of nitrogens with zero attached hydrogens (tertiary/aromatic N) is 3. The lowest BCUT2D eigenvalue weighted by Gasteiger charge is -2.17. The Kier molecular flexibility index (Phi) is 3.60. The molecule has 3 nitrogen and oxygen atoms in total. The molecule has 0 saturated carbocycles. The summed E-state index contributed by atoms with van der Waals surface area (Å²) in [5.41, 5.74) is 5.12. The van der Waals surface area contributed by atoms with E-state index in [9.17, 15) is 4.39 Å². The molecule has 0 radical (unpaired) electrons. The minimum Gasteiger partial charge on any atom is -0.372 e. The van der Waals surface area contributed by atoms with Gasteiger partial charge in [-0.25, -0.2) is 9.37 Å². The zero-order valence-corrected chi connectivity index (χ0v) is 12.3. The predicted octanol–water partition coefficient (Wildman–Crippen LogP) is 3.72. The zero-order valence-electron chi connectivity index (χ0n) is 12.3. The van der Waals surface area contributed by atoms with Crippen LogP contribution < -0.4 is 4.90 Å². The number of aryl methyl sites for hydroxylation is 1. The maximum absolute atomic E-state index is 12.4. The standard InChI is InChI=1S/C17H18FN3/c1-13-4-3-5-14(10-13)16-12-21-8-6-15(11-17(21)19-16)20(2)9-7-18/h3-6,8,10-12H,7,9H2,1-2H3. The number of benzene rings is 1. The van der Waals surface area contributed by atoms with Gasteiger partial charge in [-0.05, 0) is 19.1 Å². The molecule has 0 aliphatic rings. The molecule has 108 valence electrons. The molecule has 2 heterocycles. The highest BCUT2D eigenvalue weighted by molar-refractivity contribution is 5.65. The first-order valence-corrected chi connectivity index (χ1v) is 7.00. The molecule has 0 N–H and O–H groups in total. The second kappa shape index (κ2) is 5.56. The molecule has 1 aromatic carbocycles. The van der Waals surface area contributed by atoms with E-state index in [1.807, 2.05) is 46.9 Å². The fraction of sp³-hybridized carbons (Fsp3) is 0.235. The van der Waals surface area contributed by atoms with E-state index in [-0.39, 0.29) is 6.67 Å². The van der Waals surface area contributed by atoms with E-state index in [2.05, 4.69) is 30.1 Å². The molecule has 21 heavy (non-hydrogen) atoms. The van der Waals surface area contributed by atoms with Gasteiger partial charge < -0.3 is 9.30 Å². The van der Waals surface area contributed by atoms with Gasteiger partial charge in [-0.1, -0.05) is 23.8 Å². The molecule has 0 aliphatic carbocycles. The van der Waals surface area contributed by atoms with Crippen molar-refractivity contribution in [2.75, 3.05) is 25.2 Å². The Morgan fingerprint density at radius 1 is 1.24 bits per heavy atom. The van der Waals surface area contributed by atoms with Gasteiger partial charge in [-0.3, -0.25) is 0 Å². The summed E-state index contributed by atoms with van der Waals surface area (Å²) in [5.74, 6) is 0. The van der Waals surface area contributed by atoms with Crippen LogP contribution in [0, 0.1) is 6.92 Å². The van der Waals surface area contributed by atoms with Crippen molar-refractivity contribution in [3.63, 3.8) is 0 Å². The lowest BCUT2D eigenvalue weighted by Crippen LogP contribution is -2.19. The lowest BCUT2D eigenvalue weighted by molar-refractivity contribution is 0.497. The van der Waals surface area contributed by atoms with Gasteiger partial charge in [0.1, 0.15) is 12.3 Å². The molecule has 0 bridgehead atoms. The summed E-state index contributed by atoms with van der Waals surface area (Å²) in [6.45, 7) is 2.11. The van der Waals surface area contributed by atoms with Gasteiger partial charge in [0.2, 0.25) is 0 Å². The summed E-state index contributed by atoms with van der Waals surface area (Å²) < 4.78 is 14.4. The highest BCUT2D eigenvalue weighted by atomic mass is 19.1. The van der Waals surface area contributed by atoms with Crippen molar-refractivity contribution in [1.82, 2.24) is 9.38 Å². The van der Waals surface area contributed by atoms with E-state index in [0.29, 0.717) is 6.54 Å². The lowest BCUT2D eigenvalue weighted by atomic mass is 10.1. The number of fused-ring (bicyclic) bond motifs is 1. The maximum Gasteiger partial charge on any atom is 0.139 e. The van der Waals surface area contributed by atoms with Crippen LogP contribution in [-0.4, -0.2) is 29.7 Å². The van der Waals surface area contributed by atoms with Gasteiger partial charge >= 0.3 is 0 Å². The smallest absolute Gasteiger partial charge is 0.139 e. The first-order valence-electron chi connectivity index (χ1n) is 7.00. The number of imidazole rings is 1. The monoisotopic (exact) mass is 283 g/mol. The topological polar surface area (TPSA) is 20.5 Å². The third kappa shape index (κ3) is 2.75. The number of halogens is 1. The molecule has 0 fully saturated rings. The second-order valence-corrected chi connectivity index (χ2v) is 5.26. The van der Waals surface area contributed by atoms with Crippen LogP contribution >= 0.6 is 0 Å². The number of rotatable bonds is 4. The highest BCUT2D eigenvalue weighted by Crippen LogP contribution is 2.22. The Morgan fingerprint density at radius 2 is 2.10 bits per heavy atom. The fourth-order valence-electron chi connectivity index (χ4n) is 2.41. The Morgan fingerprint density at radius 3 is 2.86 bits per heavy atom. The number of pyridine rings is 1. The largest absolute Gasteiger partial charge is 0.372 e. The molecule has 0 amide bonds. The molecular formula is C17H18FN3. The Labute approximate surface area is 123 Å². The van der Waals surface area contributed by atoms with Gasteiger partial charge in [0.05, 0.1) is 5.69 Å². The number of hydrogen-bond donors (Lipinski definition) is 0. The molecule has 3 aromatic rings. The number of aromatic nitrogens is 2. The quantitative estimate of drug-likeness (QED) is 0.727. The van der Waals surface area contributed by atoms with Crippen molar-refractivity contribution >= 4 is 11.3 Å². The van der Waals surface area contributed by atoms with E-state index in [1.165, 1.54) is 5.56 Å². The van der Waals surface area contributed by atoms with Crippen LogP contribution in [0.4, 0.5) is 10.1 Å². The van der Waals surface area contributed by atoms with Crippen LogP contribution in [0.15, 0.2) is 48.8 Å². The summed E-state index contributed by atoms with van der Waals surface area (Å²) >= 11 is 0. The summed E-state index contributed by atoms with van der Waals surface area (Å²) in [6.07, 6.45) is 3.98. The molecule has 0 aliphatic heterocycles. The van der Waals surface area contributed by atoms with Gasteiger partial charge in [0.25, 0.3) is 0 Å². The molecular weight excluding hydrogens is 265 g/mol. The first kappa shape index (κ1) is 13.6. The van der Waals surface area contributed by atoms with Crippen LogP contribution in [0.1, 0.15) is 5.56 Å². The van der Waals surface area contributed by atoms with Crippen molar-refractivity contribution in [2.24, 2.45) is 0 Å². The molecule has 0 saturated heterocycles. The summed E-state index contributed by atoms with van der Waals surface area (Å²) in [7, 11) is 1.88. The molecule has 2 aromatic heterocycles. The minimum absolute atomic E-state index is 0.356. The number of hydrogen-bond acceptors (Lipinski definition) is 2. The van der Waals surface area contributed by atoms with E-state index in [1.54, 1.807) is 0 Å². The normalized spacial score (nSPS) is 11.0. The van der Waals surface area contributed by atoms with Crippen molar-refractivity contribution < 1.29 is 4.39 Å². The minimum atomic E-state index is -0.356. The van der Waals surface area contributed by atoms with Gasteiger partial charge in [0, 0.05) is 43.3 Å². The first-order chi connectivity index (χ1) is 10.2. The van der Waals surface area contributed by atoms with E-state index < -0.39 is 0 Å². The van der Waals surface area contributed by atoms with Crippen molar-refractivity contribution in [1.29, 1.82) is 0 Å². The van der Waals surface area contributed by atoms with Crippen molar-refractivity contribution in [2.45, 2.75) is 6.92 Å². The summed E-state index contributed by atoms with van der Waals surface area (Å²) in [5, 5.41) is 0. The zero-order chi connectivity index (χ0) is 14.8. The Bertz CT molecular complexity index is 764. The van der Waals surface area contributed by atoms with Crippen LogP contribution in [0.25, 0.3) is 16.9 Å². The maximum atomic E-state index is 12.4. The molecule has 0 unspecified atom stereocenters. The molecule has 0 atom stereocenters. The second-order valence-electron chi connectivity index (χ2n) is 5.26. The third-order valence-electron chi connectivity index (χ3n) is 3.62. The number of anilines is 1. The third-order valence-corrected chi connectivity index (χ3v) is 3.62. The van der Waals surface area contributed by atoms with Gasteiger partial charge in [0.15, 0.2) is 0 Å². The SMILES string of the molecule is Cc1cccc(-c2cn3ccc(N(C)CCF)cc3n2)c1. The summed E-state index contributed by atoms with van der Waals surface area (Å²) in [4.78, 5) is 6.56. The van der Waals surface area contributed by atoms with E-state index in [0.717, 1.165) is 22.6 Å². The fourth-order valence-corrected chi connectivity index (χ4v) is 2.41. The van der Waals surface area contributed by atoms with E-state index in [4.69, 9.17) is 0 Å². The van der Waals surface area contributed by atoms with Gasteiger partial charge in [-0.2, -0.15) is 0 Å². The van der Waals surface area contributed by atoms with Crippen LogP contribution in [0.2, 0.25) is 0 Å². The predicted molar refractivity (Wildman–Crippen MR) is 84.6 cm³/mol. The van der Waals surface area contributed by atoms with E-state index >= 15 is 0 Å². The van der Waals surface area contributed by atoms with Crippen molar-refractivity contribution in [3.8, 4) is 11.3 Å². The molecule has 3 rings (SSSR count). The van der Waals surface area contributed by atoms with Gasteiger partial charge in [-0.15, -0.1) is 0 Å². The van der Waals surface area contributed by atoms with Crippen molar-refractivity contribution in [3.05, 3.63) is 54.4 Å². The Hall–Kier alpha value is -2.36. The molecule has 4 heteroatoms. The average molecular weight is 283 g/mol. The average Bonchev–Trinajstić information content (AvgIpc) is 2.90. The number of alkyl halides is 1. The highest BCUT2D eigenvalue weighted by Gasteiger charge is 2.07. The summed E-state index contributed by atoms with van der Waals surface area (Å²) in [6, 6.07) is 12.3. The van der Waals surface area contributed by atoms with Crippen LogP contribution in [-0.2, 0) is 0 Å². The van der Waals surface area contributed by atoms with Crippen LogP contribution in [0.5, 0.6) is 0 Å². The van der Waals surface area contributed by atoms with Crippen LogP contribution in [0.3, 0.4) is 0 Å².